The van der Waals surface area contributed by atoms with Gasteiger partial charge in [0.1, 0.15) is 17.4 Å². The van der Waals surface area contributed by atoms with Crippen molar-refractivity contribution in [3.8, 4) is 0 Å². The van der Waals surface area contributed by atoms with Crippen molar-refractivity contribution in [2.45, 2.75) is 83.6 Å². The Bertz CT molecular complexity index is 804. The number of aryl methyl sites for hydroxylation is 3. The Hall–Kier alpha value is -1.97. The Kier molecular flexibility index (Phi) is 5.42. The third-order valence-corrected chi connectivity index (χ3v) is 6.05. The molecule has 0 spiro atoms. The summed E-state index contributed by atoms with van der Waals surface area (Å²) in [6.45, 7) is 4.50. The third-order valence-electron chi connectivity index (χ3n) is 6.05. The molecule has 0 bridgehead atoms. The van der Waals surface area contributed by atoms with Crippen LogP contribution >= 0.6 is 0 Å². The van der Waals surface area contributed by atoms with E-state index in [4.69, 9.17) is 0 Å². The first-order valence-corrected chi connectivity index (χ1v) is 10.6. The van der Waals surface area contributed by atoms with E-state index in [2.05, 4.69) is 52.9 Å². The van der Waals surface area contributed by atoms with E-state index in [1.54, 1.807) is 0 Å². The topological polar surface area (TPSA) is 47.8 Å². The van der Waals surface area contributed by atoms with Crippen molar-refractivity contribution >= 4 is 5.78 Å². The number of nitrogens with zero attached hydrogens (tertiary/aromatic N) is 3. The van der Waals surface area contributed by atoms with Crippen molar-refractivity contribution in [1.29, 1.82) is 0 Å². The van der Waals surface area contributed by atoms with Gasteiger partial charge in [0.25, 0.3) is 0 Å². The number of fused-ring (bicyclic) bond motifs is 1. The number of aromatic nitrogens is 3. The molecule has 1 atom stereocenters. The second-order valence-electron chi connectivity index (χ2n) is 8.74. The van der Waals surface area contributed by atoms with E-state index < -0.39 is 0 Å². The van der Waals surface area contributed by atoms with Crippen LogP contribution in [-0.4, -0.2) is 20.5 Å². The minimum absolute atomic E-state index is 0.366. The van der Waals surface area contributed by atoms with Crippen LogP contribution in [0, 0.1) is 5.92 Å². The summed E-state index contributed by atoms with van der Waals surface area (Å²) >= 11 is 0. The van der Waals surface area contributed by atoms with Gasteiger partial charge >= 0.3 is 0 Å². The standard InChI is InChI=1S/C23H31N3O/c1-16(2)7-13-22-24-25-23(26(22)19-10-11-19)14-12-20(27)15-18-9-8-17-5-3-4-6-21(17)18/h3-6,16,18-19H,7-15H2,1-2H3. The van der Waals surface area contributed by atoms with Gasteiger partial charge in [-0.2, -0.15) is 0 Å². The first kappa shape index (κ1) is 18.4. The zero-order valence-corrected chi connectivity index (χ0v) is 16.7. The molecule has 0 radical (unpaired) electrons. The molecule has 1 aromatic heterocycles. The van der Waals surface area contributed by atoms with Gasteiger partial charge < -0.3 is 4.57 Å². The zero-order chi connectivity index (χ0) is 18.8. The van der Waals surface area contributed by atoms with Crippen molar-refractivity contribution in [3.63, 3.8) is 0 Å². The summed E-state index contributed by atoms with van der Waals surface area (Å²) < 4.78 is 2.35. The molecule has 1 heterocycles. The molecule has 0 aliphatic heterocycles. The minimum Gasteiger partial charge on any atom is -0.312 e. The lowest BCUT2D eigenvalue weighted by Gasteiger charge is -2.12. The number of rotatable bonds is 9. The fourth-order valence-electron chi connectivity index (χ4n) is 4.36. The molecule has 2 aliphatic rings. The molecule has 2 aliphatic carbocycles. The highest BCUT2D eigenvalue weighted by atomic mass is 16.1. The SMILES string of the molecule is CC(C)CCc1nnc(CCC(=O)CC2CCc3ccccc32)n1C1CC1. The lowest BCUT2D eigenvalue weighted by Crippen LogP contribution is -2.10. The summed E-state index contributed by atoms with van der Waals surface area (Å²) in [6, 6.07) is 9.18. The van der Waals surface area contributed by atoms with Gasteiger partial charge in [0.2, 0.25) is 0 Å². The van der Waals surface area contributed by atoms with E-state index in [-0.39, 0.29) is 0 Å². The molecule has 1 fully saturated rings. The van der Waals surface area contributed by atoms with Crippen LogP contribution in [0.15, 0.2) is 24.3 Å². The quantitative estimate of drug-likeness (QED) is 0.640. The molecule has 2 aromatic rings. The maximum atomic E-state index is 12.6. The lowest BCUT2D eigenvalue weighted by molar-refractivity contribution is -0.119. The van der Waals surface area contributed by atoms with Crippen molar-refractivity contribution in [3.05, 3.63) is 47.0 Å². The number of hydrogen-bond acceptors (Lipinski definition) is 3. The second kappa shape index (κ2) is 7.95. The third kappa shape index (κ3) is 4.31. The fourth-order valence-corrected chi connectivity index (χ4v) is 4.36. The van der Waals surface area contributed by atoms with Gasteiger partial charge in [0, 0.05) is 31.7 Å². The van der Waals surface area contributed by atoms with Crippen LogP contribution in [0.2, 0.25) is 0 Å². The molecule has 4 nitrogen and oxygen atoms in total. The average molecular weight is 366 g/mol. The van der Waals surface area contributed by atoms with Crippen LogP contribution in [0.25, 0.3) is 0 Å². The Morgan fingerprint density at radius 3 is 2.59 bits per heavy atom. The predicted molar refractivity (Wildman–Crippen MR) is 107 cm³/mol. The van der Waals surface area contributed by atoms with Gasteiger partial charge in [0.05, 0.1) is 0 Å². The summed E-state index contributed by atoms with van der Waals surface area (Å²) in [4.78, 5) is 12.6. The van der Waals surface area contributed by atoms with Crippen molar-refractivity contribution < 1.29 is 4.79 Å². The Morgan fingerprint density at radius 2 is 1.85 bits per heavy atom. The first-order valence-electron chi connectivity index (χ1n) is 10.6. The number of Topliss-reactive ketones (excluding diaryl/α,β-unsaturated/α-hetero) is 1. The van der Waals surface area contributed by atoms with Crippen LogP contribution in [0.3, 0.4) is 0 Å². The maximum absolute atomic E-state index is 12.6. The minimum atomic E-state index is 0.366. The maximum Gasteiger partial charge on any atom is 0.133 e. The monoisotopic (exact) mass is 365 g/mol. The van der Waals surface area contributed by atoms with E-state index in [0.29, 0.717) is 36.5 Å². The highest BCUT2D eigenvalue weighted by molar-refractivity contribution is 5.79. The normalized spacial score (nSPS) is 18.9. The summed E-state index contributed by atoms with van der Waals surface area (Å²) in [5, 5.41) is 8.92. The molecule has 1 aromatic carbocycles. The Balaban J connectivity index is 1.35. The number of carbonyl (C=O) groups excluding carboxylic acids is 1. The number of ketones is 1. The van der Waals surface area contributed by atoms with Crippen LogP contribution in [0.5, 0.6) is 0 Å². The Morgan fingerprint density at radius 1 is 1.11 bits per heavy atom. The van der Waals surface area contributed by atoms with Crippen LogP contribution < -0.4 is 0 Å². The van der Waals surface area contributed by atoms with Gasteiger partial charge in [-0.25, -0.2) is 0 Å². The van der Waals surface area contributed by atoms with Gasteiger partial charge in [0.15, 0.2) is 0 Å². The summed E-state index contributed by atoms with van der Waals surface area (Å²) in [6.07, 6.45) is 8.82. The average Bonchev–Trinajstić information content (AvgIpc) is 3.29. The molecule has 0 saturated heterocycles. The van der Waals surface area contributed by atoms with Crippen LogP contribution in [0.1, 0.15) is 87.1 Å². The molecule has 4 rings (SSSR count). The number of hydrogen-bond donors (Lipinski definition) is 0. The fraction of sp³-hybridized carbons (Fsp3) is 0.609. The van der Waals surface area contributed by atoms with Crippen molar-refractivity contribution in [1.82, 2.24) is 14.8 Å². The highest BCUT2D eigenvalue weighted by Crippen LogP contribution is 2.38. The van der Waals surface area contributed by atoms with E-state index in [1.165, 1.54) is 24.0 Å². The number of carbonyl (C=O) groups is 1. The van der Waals surface area contributed by atoms with Gasteiger partial charge in [-0.15, -0.1) is 10.2 Å². The van der Waals surface area contributed by atoms with Crippen molar-refractivity contribution in [2.75, 3.05) is 0 Å². The van der Waals surface area contributed by atoms with E-state index in [9.17, 15) is 4.79 Å². The summed E-state index contributed by atoms with van der Waals surface area (Å²) in [7, 11) is 0. The van der Waals surface area contributed by atoms with E-state index in [0.717, 1.165) is 43.8 Å². The molecule has 0 N–H and O–H groups in total. The first-order chi connectivity index (χ1) is 13.1. The van der Waals surface area contributed by atoms with E-state index in [1.807, 2.05) is 0 Å². The lowest BCUT2D eigenvalue weighted by atomic mass is 9.94. The molecule has 144 valence electrons. The van der Waals surface area contributed by atoms with Gasteiger partial charge in [-0.1, -0.05) is 38.1 Å². The molecule has 0 amide bonds. The molecule has 1 saturated carbocycles. The summed E-state index contributed by atoms with van der Waals surface area (Å²) in [5.41, 5.74) is 2.82. The van der Waals surface area contributed by atoms with Gasteiger partial charge in [-0.3, -0.25) is 4.79 Å². The van der Waals surface area contributed by atoms with Crippen LogP contribution in [0.4, 0.5) is 0 Å². The number of benzene rings is 1. The highest BCUT2D eigenvalue weighted by Gasteiger charge is 2.30. The predicted octanol–water partition coefficient (Wildman–Crippen LogP) is 4.82. The molecule has 4 heteroatoms. The molecular formula is C23H31N3O. The molecule has 1 unspecified atom stereocenters. The van der Waals surface area contributed by atoms with Crippen molar-refractivity contribution in [2.24, 2.45) is 5.92 Å². The Labute approximate surface area is 162 Å². The second-order valence-corrected chi connectivity index (χ2v) is 8.74. The van der Waals surface area contributed by atoms with Gasteiger partial charge in [-0.05, 0) is 55.1 Å². The summed E-state index contributed by atoms with van der Waals surface area (Å²) in [5.74, 6) is 3.60. The molecular weight excluding hydrogens is 334 g/mol. The zero-order valence-electron chi connectivity index (χ0n) is 16.7. The van der Waals surface area contributed by atoms with Crippen LogP contribution in [-0.2, 0) is 24.1 Å². The largest absolute Gasteiger partial charge is 0.312 e. The molecule has 27 heavy (non-hydrogen) atoms. The van der Waals surface area contributed by atoms with E-state index >= 15 is 0 Å². The smallest absolute Gasteiger partial charge is 0.133 e.